The molecule has 2 unspecified atom stereocenters. The summed E-state index contributed by atoms with van der Waals surface area (Å²) < 4.78 is 39.8. The molecule has 174 valence electrons. The van der Waals surface area contributed by atoms with Crippen molar-refractivity contribution < 1.29 is 27.5 Å². The van der Waals surface area contributed by atoms with Crippen molar-refractivity contribution in [3.63, 3.8) is 0 Å². The number of thiazole rings is 1. The minimum atomic E-state index is -3.80. The highest BCUT2D eigenvalue weighted by Crippen LogP contribution is 2.40. The number of sulfonamides is 1. The third kappa shape index (κ3) is 3.29. The van der Waals surface area contributed by atoms with Gasteiger partial charge in [-0.15, -0.1) is 11.3 Å². The van der Waals surface area contributed by atoms with Crippen LogP contribution in [0.25, 0.3) is 21.7 Å². The monoisotopic (exact) mass is 491 g/mol. The van der Waals surface area contributed by atoms with Crippen molar-refractivity contribution in [1.29, 1.82) is 0 Å². The third-order valence-corrected chi connectivity index (χ3v) is 9.17. The molecule has 0 aliphatic carbocycles. The van der Waals surface area contributed by atoms with E-state index in [1.807, 2.05) is 10.3 Å². The summed E-state index contributed by atoms with van der Waals surface area (Å²) in [4.78, 5) is 23.9. The Labute approximate surface area is 193 Å². The summed E-state index contributed by atoms with van der Waals surface area (Å²) >= 11 is 1.43. The zero-order chi connectivity index (χ0) is 22.7. The number of amides is 1. The van der Waals surface area contributed by atoms with Crippen LogP contribution in [0, 0.1) is 0 Å². The van der Waals surface area contributed by atoms with Gasteiger partial charge in [-0.2, -0.15) is 9.29 Å². The predicted octanol–water partition coefficient (Wildman–Crippen LogP) is 1.91. The molecule has 13 heteroatoms. The Balaban J connectivity index is 1.44. The van der Waals surface area contributed by atoms with Gasteiger partial charge in [0, 0.05) is 37.8 Å². The van der Waals surface area contributed by atoms with Crippen LogP contribution in [-0.4, -0.2) is 90.3 Å². The second-order valence-corrected chi connectivity index (χ2v) is 11.1. The van der Waals surface area contributed by atoms with Gasteiger partial charge in [-0.25, -0.2) is 18.2 Å². The maximum atomic E-state index is 13.5. The fraction of sp³-hybridized carbons (Fsp3) is 0.450. The molecule has 0 saturated carbocycles. The quantitative estimate of drug-likeness (QED) is 0.582. The van der Waals surface area contributed by atoms with Crippen LogP contribution in [0.5, 0.6) is 0 Å². The normalized spacial score (nSPS) is 23.6. The molecule has 33 heavy (non-hydrogen) atoms. The fourth-order valence-electron chi connectivity index (χ4n) is 4.84. The van der Waals surface area contributed by atoms with Crippen LogP contribution in [0.2, 0.25) is 0 Å². The summed E-state index contributed by atoms with van der Waals surface area (Å²) in [6.45, 7) is 2.16. The molecule has 4 aliphatic rings. The summed E-state index contributed by atoms with van der Waals surface area (Å²) in [5, 5.41) is 11.9. The highest BCUT2D eigenvalue weighted by atomic mass is 32.2. The second-order valence-electron chi connectivity index (χ2n) is 8.28. The van der Waals surface area contributed by atoms with Crippen LogP contribution in [-0.2, 0) is 14.8 Å². The summed E-state index contributed by atoms with van der Waals surface area (Å²) in [5.41, 5.74) is 1.30. The first-order valence-corrected chi connectivity index (χ1v) is 12.9. The number of hydrogen-bond donors (Lipinski definition) is 1. The third-order valence-electron chi connectivity index (χ3n) is 6.43. The molecule has 4 fully saturated rings. The van der Waals surface area contributed by atoms with Crippen molar-refractivity contribution in [3.8, 4) is 10.6 Å². The molecule has 1 aromatic carbocycles. The minimum Gasteiger partial charge on any atom is -0.465 e. The van der Waals surface area contributed by atoms with Crippen molar-refractivity contribution in [3.05, 3.63) is 23.7 Å². The van der Waals surface area contributed by atoms with Crippen LogP contribution in [0.3, 0.4) is 0 Å². The number of fused-ring (bicyclic) bond motifs is 3. The number of carboxylic acid groups (broad SMARTS) is 1. The van der Waals surface area contributed by atoms with E-state index in [0.29, 0.717) is 48.5 Å². The number of anilines is 1. The molecule has 6 heterocycles. The fourth-order valence-corrected chi connectivity index (χ4v) is 7.04. The molecule has 11 nitrogen and oxygen atoms in total. The lowest BCUT2D eigenvalue weighted by atomic mass is 9.88. The first-order chi connectivity index (χ1) is 15.9. The molecule has 4 aliphatic heterocycles. The summed E-state index contributed by atoms with van der Waals surface area (Å²) in [7, 11) is -3.80. The van der Waals surface area contributed by atoms with Crippen LogP contribution in [0.1, 0.15) is 6.42 Å². The van der Waals surface area contributed by atoms with Gasteiger partial charge in [0.15, 0.2) is 5.58 Å². The lowest BCUT2D eigenvalue weighted by Gasteiger charge is -2.54. The standard InChI is InChI=1S/C20H21N5O6S2/c26-20(27)25-12-9-13(25)11-23(10-12)19-22-16-15(33(28,29)24-4-6-30-7-5-24)2-1-14(17(16)31-19)18-21-3-8-32-18/h1-3,8,12-13H,4-7,9-11H2,(H,26,27). The van der Waals surface area contributed by atoms with E-state index in [1.165, 1.54) is 20.5 Å². The number of piperidine rings is 1. The first kappa shape index (κ1) is 20.8. The Morgan fingerprint density at radius 2 is 1.94 bits per heavy atom. The van der Waals surface area contributed by atoms with E-state index in [0.717, 1.165) is 6.42 Å². The van der Waals surface area contributed by atoms with Gasteiger partial charge in [-0.1, -0.05) is 0 Å². The zero-order valence-corrected chi connectivity index (χ0v) is 19.1. The van der Waals surface area contributed by atoms with E-state index < -0.39 is 16.1 Å². The predicted molar refractivity (Wildman–Crippen MR) is 119 cm³/mol. The second kappa shape index (κ2) is 7.65. The Morgan fingerprint density at radius 3 is 2.61 bits per heavy atom. The van der Waals surface area contributed by atoms with E-state index in [1.54, 1.807) is 18.3 Å². The largest absolute Gasteiger partial charge is 0.465 e. The van der Waals surface area contributed by atoms with E-state index in [-0.39, 0.29) is 35.6 Å². The van der Waals surface area contributed by atoms with Gasteiger partial charge in [-0.05, 0) is 18.6 Å². The molecule has 0 radical (unpaired) electrons. The van der Waals surface area contributed by atoms with Crippen LogP contribution in [0.4, 0.5) is 10.8 Å². The molecule has 1 N–H and O–H groups in total. The minimum absolute atomic E-state index is 0.0871. The zero-order valence-electron chi connectivity index (χ0n) is 17.5. The molecular formula is C20H21N5O6S2. The van der Waals surface area contributed by atoms with Crippen LogP contribution < -0.4 is 4.90 Å². The average Bonchev–Trinajstić information content (AvgIpc) is 3.49. The van der Waals surface area contributed by atoms with Crippen LogP contribution in [0.15, 0.2) is 33.0 Å². The van der Waals surface area contributed by atoms with Gasteiger partial charge in [0.05, 0.1) is 30.9 Å². The van der Waals surface area contributed by atoms with E-state index >= 15 is 0 Å². The van der Waals surface area contributed by atoms with Crippen molar-refractivity contribution in [2.45, 2.75) is 23.4 Å². The molecule has 0 spiro atoms. The van der Waals surface area contributed by atoms with Gasteiger partial charge in [-0.3, -0.25) is 4.90 Å². The Morgan fingerprint density at radius 1 is 1.18 bits per heavy atom. The van der Waals surface area contributed by atoms with Gasteiger partial charge in [0.1, 0.15) is 15.4 Å². The molecule has 7 rings (SSSR count). The molecule has 3 aromatic rings. The Bertz CT molecular complexity index is 1310. The summed E-state index contributed by atoms with van der Waals surface area (Å²) in [6.07, 6.45) is 1.57. The average molecular weight is 492 g/mol. The molecule has 2 aromatic heterocycles. The molecule has 2 bridgehead atoms. The summed E-state index contributed by atoms with van der Waals surface area (Å²) in [6, 6.07) is 3.34. The maximum absolute atomic E-state index is 13.5. The SMILES string of the molecule is O=C(O)N1C2CC1CN(c1nc3c(S(=O)(=O)N4CCOCC4)ccc(-c4nccs4)c3o1)C2. The number of morpholine rings is 1. The Kier molecular flexibility index (Phi) is 4.83. The number of piperazine rings is 1. The molecule has 4 saturated heterocycles. The van der Waals surface area contributed by atoms with Gasteiger partial charge < -0.3 is 19.2 Å². The number of carbonyl (C=O) groups is 1. The number of nitrogens with zero attached hydrogens (tertiary/aromatic N) is 5. The van der Waals surface area contributed by atoms with E-state index in [2.05, 4.69) is 9.97 Å². The van der Waals surface area contributed by atoms with Crippen molar-refractivity contribution in [2.75, 3.05) is 44.3 Å². The maximum Gasteiger partial charge on any atom is 0.407 e. The van der Waals surface area contributed by atoms with Crippen molar-refractivity contribution in [1.82, 2.24) is 19.2 Å². The van der Waals surface area contributed by atoms with Gasteiger partial charge in [0.2, 0.25) is 10.0 Å². The number of rotatable bonds is 4. The molecule has 2 atom stereocenters. The lowest BCUT2D eigenvalue weighted by molar-refractivity contribution is 0.0101. The number of ether oxygens (including phenoxy) is 1. The number of oxazole rings is 1. The highest BCUT2D eigenvalue weighted by molar-refractivity contribution is 7.89. The number of benzene rings is 1. The number of hydrogen-bond acceptors (Lipinski definition) is 9. The number of aromatic nitrogens is 2. The lowest BCUT2D eigenvalue weighted by Crippen LogP contribution is -2.70. The molecular weight excluding hydrogens is 470 g/mol. The van der Waals surface area contributed by atoms with Crippen LogP contribution >= 0.6 is 11.3 Å². The topological polar surface area (TPSA) is 129 Å². The smallest absolute Gasteiger partial charge is 0.407 e. The first-order valence-electron chi connectivity index (χ1n) is 10.6. The Hall–Kier alpha value is -2.74. The van der Waals surface area contributed by atoms with Crippen molar-refractivity contribution in [2.24, 2.45) is 0 Å². The van der Waals surface area contributed by atoms with Crippen molar-refractivity contribution >= 4 is 44.6 Å². The summed E-state index contributed by atoms with van der Waals surface area (Å²) in [5.74, 6) is 0. The molecule has 1 amide bonds. The van der Waals surface area contributed by atoms with Gasteiger partial charge in [0.25, 0.3) is 6.01 Å². The van der Waals surface area contributed by atoms with Gasteiger partial charge >= 0.3 is 6.09 Å². The highest BCUT2D eigenvalue weighted by Gasteiger charge is 2.48. The van der Waals surface area contributed by atoms with E-state index in [9.17, 15) is 18.3 Å². The van der Waals surface area contributed by atoms with E-state index in [4.69, 9.17) is 9.15 Å².